The summed E-state index contributed by atoms with van der Waals surface area (Å²) < 4.78 is 10.5. The van der Waals surface area contributed by atoms with Gasteiger partial charge in [0.05, 0.1) is 19.8 Å². The van der Waals surface area contributed by atoms with Crippen molar-refractivity contribution in [3.05, 3.63) is 47.7 Å². The second-order valence-electron chi connectivity index (χ2n) is 4.82. The van der Waals surface area contributed by atoms with Gasteiger partial charge in [-0.05, 0) is 18.4 Å². The van der Waals surface area contributed by atoms with Crippen molar-refractivity contribution < 1.29 is 14.3 Å². The summed E-state index contributed by atoms with van der Waals surface area (Å²) in [6.07, 6.45) is 3.49. The van der Waals surface area contributed by atoms with Crippen LogP contribution in [-0.2, 0) is 14.3 Å². The van der Waals surface area contributed by atoms with Gasteiger partial charge < -0.3 is 14.4 Å². The molecule has 3 rings (SSSR count). The van der Waals surface area contributed by atoms with Gasteiger partial charge in [0.2, 0.25) is 0 Å². The highest BCUT2D eigenvalue weighted by Crippen LogP contribution is 2.41. The minimum atomic E-state index is -0.297. The predicted octanol–water partition coefficient (Wildman–Crippen LogP) is 2.24. The lowest BCUT2D eigenvalue weighted by molar-refractivity contribution is -0.135. The summed E-state index contributed by atoms with van der Waals surface area (Å²) in [7, 11) is 1.40. The van der Waals surface area contributed by atoms with Crippen LogP contribution in [0.4, 0.5) is 0 Å². The molecule has 2 aliphatic rings. The maximum absolute atomic E-state index is 11.4. The molecular formula is C15H17NO3. The van der Waals surface area contributed by atoms with Crippen molar-refractivity contribution in [3.8, 4) is 0 Å². The summed E-state index contributed by atoms with van der Waals surface area (Å²) in [6, 6.07) is 10.5. The number of ether oxygens (including phenoxy) is 2. The first-order valence-electron chi connectivity index (χ1n) is 6.53. The first-order chi connectivity index (χ1) is 9.29. The van der Waals surface area contributed by atoms with Gasteiger partial charge in [0.15, 0.2) is 0 Å². The van der Waals surface area contributed by atoms with Gasteiger partial charge >= 0.3 is 5.97 Å². The molecule has 0 saturated carbocycles. The van der Waals surface area contributed by atoms with Crippen LogP contribution in [0.2, 0.25) is 0 Å². The molecule has 100 valence electrons. The van der Waals surface area contributed by atoms with Crippen LogP contribution in [-0.4, -0.2) is 30.8 Å². The zero-order valence-electron chi connectivity index (χ0n) is 10.9. The average Bonchev–Trinajstić information content (AvgIpc) is 3.03. The molecule has 19 heavy (non-hydrogen) atoms. The predicted molar refractivity (Wildman–Crippen MR) is 70.1 cm³/mol. The lowest BCUT2D eigenvalue weighted by Gasteiger charge is -2.25. The second-order valence-corrected chi connectivity index (χ2v) is 4.82. The zero-order chi connectivity index (χ0) is 13.2. The van der Waals surface area contributed by atoms with Crippen molar-refractivity contribution in [1.29, 1.82) is 0 Å². The highest BCUT2D eigenvalue weighted by Gasteiger charge is 2.40. The Hall–Kier alpha value is -1.81. The Balaban J connectivity index is 1.88. The SMILES string of the molecule is COC(=O)/C=C1\CC[C@H]2OC[C@H](c3ccccc3)N12. The van der Waals surface area contributed by atoms with Crippen molar-refractivity contribution in [1.82, 2.24) is 4.90 Å². The smallest absolute Gasteiger partial charge is 0.332 e. The third-order valence-corrected chi connectivity index (χ3v) is 3.74. The van der Waals surface area contributed by atoms with Gasteiger partial charge in [0.1, 0.15) is 6.23 Å². The lowest BCUT2D eigenvalue weighted by Crippen LogP contribution is -2.25. The van der Waals surface area contributed by atoms with Crippen molar-refractivity contribution in [2.24, 2.45) is 0 Å². The fourth-order valence-corrected chi connectivity index (χ4v) is 2.85. The van der Waals surface area contributed by atoms with Gasteiger partial charge in [-0.3, -0.25) is 0 Å². The van der Waals surface area contributed by atoms with Gasteiger partial charge in [0, 0.05) is 11.8 Å². The van der Waals surface area contributed by atoms with Gasteiger partial charge in [-0.25, -0.2) is 4.79 Å². The van der Waals surface area contributed by atoms with E-state index in [0.29, 0.717) is 6.61 Å². The minimum absolute atomic E-state index is 0.0983. The number of fused-ring (bicyclic) bond motifs is 1. The number of nitrogens with zero attached hydrogens (tertiary/aromatic N) is 1. The first kappa shape index (κ1) is 12.2. The number of carbonyl (C=O) groups is 1. The molecule has 0 amide bonds. The number of esters is 1. The van der Waals surface area contributed by atoms with Crippen molar-refractivity contribution in [2.45, 2.75) is 25.1 Å². The van der Waals surface area contributed by atoms with Crippen LogP contribution in [0.3, 0.4) is 0 Å². The third-order valence-electron chi connectivity index (χ3n) is 3.74. The Morgan fingerprint density at radius 1 is 1.42 bits per heavy atom. The molecule has 1 aromatic carbocycles. The monoisotopic (exact) mass is 259 g/mol. The molecule has 0 bridgehead atoms. The molecule has 4 nitrogen and oxygen atoms in total. The summed E-state index contributed by atoms with van der Waals surface area (Å²) in [5, 5.41) is 0. The number of hydrogen-bond donors (Lipinski definition) is 0. The highest BCUT2D eigenvalue weighted by molar-refractivity contribution is 5.82. The number of benzene rings is 1. The standard InChI is InChI=1S/C15H17NO3/c1-18-15(17)9-12-7-8-14-16(12)13(10-19-14)11-5-3-2-4-6-11/h2-6,9,13-14H,7-8,10H2,1H3/b12-9+/t13-,14-/m1/s1. The van der Waals surface area contributed by atoms with E-state index in [2.05, 4.69) is 17.0 Å². The molecule has 0 radical (unpaired) electrons. The number of methoxy groups -OCH3 is 1. The van der Waals surface area contributed by atoms with Crippen LogP contribution >= 0.6 is 0 Å². The zero-order valence-corrected chi connectivity index (χ0v) is 10.9. The molecule has 0 spiro atoms. The van der Waals surface area contributed by atoms with E-state index in [1.807, 2.05) is 18.2 Å². The highest BCUT2D eigenvalue weighted by atomic mass is 16.5. The minimum Gasteiger partial charge on any atom is -0.466 e. The largest absolute Gasteiger partial charge is 0.466 e. The number of allylic oxidation sites excluding steroid dienone is 1. The average molecular weight is 259 g/mol. The number of carbonyl (C=O) groups excluding carboxylic acids is 1. The molecule has 0 unspecified atom stereocenters. The van der Waals surface area contributed by atoms with E-state index in [9.17, 15) is 4.79 Å². The Kier molecular flexibility index (Phi) is 3.25. The van der Waals surface area contributed by atoms with Crippen LogP contribution in [0.25, 0.3) is 0 Å². The maximum Gasteiger partial charge on any atom is 0.332 e. The third kappa shape index (κ3) is 2.24. The molecule has 4 heteroatoms. The molecule has 2 aliphatic heterocycles. The van der Waals surface area contributed by atoms with Crippen molar-refractivity contribution >= 4 is 5.97 Å². The second kappa shape index (κ2) is 5.05. The van der Waals surface area contributed by atoms with Gasteiger partial charge in [-0.1, -0.05) is 30.3 Å². The lowest BCUT2D eigenvalue weighted by atomic mass is 10.1. The van der Waals surface area contributed by atoms with E-state index in [4.69, 9.17) is 9.47 Å². The summed E-state index contributed by atoms with van der Waals surface area (Å²) in [4.78, 5) is 13.6. The van der Waals surface area contributed by atoms with E-state index < -0.39 is 0 Å². The fraction of sp³-hybridized carbons (Fsp3) is 0.400. The van der Waals surface area contributed by atoms with Crippen molar-refractivity contribution in [2.75, 3.05) is 13.7 Å². The summed E-state index contributed by atoms with van der Waals surface area (Å²) in [5.74, 6) is -0.297. The molecule has 2 saturated heterocycles. The molecule has 0 N–H and O–H groups in total. The Morgan fingerprint density at radius 2 is 2.21 bits per heavy atom. The molecular weight excluding hydrogens is 242 g/mol. The quantitative estimate of drug-likeness (QED) is 0.603. The maximum atomic E-state index is 11.4. The van der Waals surface area contributed by atoms with E-state index in [1.165, 1.54) is 12.7 Å². The molecule has 2 fully saturated rings. The molecule has 0 aliphatic carbocycles. The van der Waals surface area contributed by atoms with Gasteiger partial charge in [-0.2, -0.15) is 0 Å². The molecule has 2 atom stereocenters. The summed E-state index contributed by atoms with van der Waals surface area (Å²) in [6.45, 7) is 0.674. The summed E-state index contributed by atoms with van der Waals surface area (Å²) >= 11 is 0. The Morgan fingerprint density at radius 3 is 2.95 bits per heavy atom. The van der Waals surface area contributed by atoms with Crippen LogP contribution < -0.4 is 0 Å². The Labute approximate surface area is 112 Å². The van der Waals surface area contributed by atoms with Gasteiger partial charge in [0.25, 0.3) is 0 Å². The van der Waals surface area contributed by atoms with Crippen LogP contribution in [0.5, 0.6) is 0 Å². The summed E-state index contributed by atoms with van der Waals surface area (Å²) in [5.41, 5.74) is 2.24. The van der Waals surface area contributed by atoms with Gasteiger partial charge in [-0.15, -0.1) is 0 Å². The van der Waals surface area contributed by atoms with Crippen LogP contribution in [0, 0.1) is 0 Å². The molecule has 0 aromatic heterocycles. The normalized spacial score (nSPS) is 27.6. The topological polar surface area (TPSA) is 38.8 Å². The number of rotatable bonds is 2. The van der Waals surface area contributed by atoms with Crippen molar-refractivity contribution in [3.63, 3.8) is 0 Å². The van der Waals surface area contributed by atoms with Crippen LogP contribution in [0.1, 0.15) is 24.4 Å². The van der Waals surface area contributed by atoms with E-state index >= 15 is 0 Å². The number of hydrogen-bond acceptors (Lipinski definition) is 4. The molecule has 2 heterocycles. The first-order valence-corrected chi connectivity index (χ1v) is 6.53. The molecule has 1 aromatic rings. The fourth-order valence-electron chi connectivity index (χ4n) is 2.85. The van der Waals surface area contributed by atoms with E-state index in [-0.39, 0.29) is 18.2 Å². The Bertz CT molecular complexity index is 497. The van der Waals surface area contributed by atoms with E-state index in [1.54, 1.807) is 6.08 Å². The van der Waals surface area contributed by atoms with E-state index in [0.717, 1.165) is 18.5 Å². The van der Waals surface area contributed by atoms with Crippen LogP contribution in [0.15, 0.2) is 42.1 Å².